The van der Waals surface area contributed by atoms with Crippen LogP contribution in [-0.2, 0) is 12.7 Å². The number of nitrogens with zero attached hydrogens (tertiary/aromatic N) is 4. The van der Waals surface area contributed by atoms with E-state index in [9.17, 15) is 27.5 Å². The quantitative estimate of drug-likeness (QED) is 0.252. The van der Waals surface area contributed by atoms with Gasteiger partial charge in [0.1, 0.15) is 17.2 Å². The molecular formula is C26H22ClF4N5O2. The van der Waals surface area contributed by atoms with Gasteiger partial charge in [0, 0.05) is 18.2 Å². The zero-order valence-corrected chi connectivity index (χ0v) is 20.8. The van der Waals surface area contributed by atoms with Gasteiger partial charge in [0.15, 0.2) is 11.5 Å². The van der Waals surface area contributed by atoms with E-state index in [1.54, 1.807) is 4.57 Å². The average Bonchev–Trinajstić information content (AvgIpc) is 3.18. The van der Waals surface area contributed by atoms with Crippen molar-refractivity contribution in [3.8, 4) is 11.4 Å². The molecule has 0 saturated heterocycles. The minimum Gasteiger partial charge on any atom is -0.475 e. The summed E-state index contributed by atoms with van der Waals surface area (Å²) < 4.78 is 54.9. The van der Waals surface area contributed by atoms with Crippen LogP contribution in [0.5, 0.6) is 0 Å². The normalized spacial score (nSPS) is 14.9. The first kappa shape index (κ1) is 25.9. The van der Waals surface area contributed by atoms with Crippen LogP contribution in [0.2, 0.25) is 5.02 Å². The number of carbonyl (C=O) groups is 1. The second-order valence-corrected chi connectivity index (χ2v) is 9.75. The van der Waals surface area contributed by atoms with Gasteiger partial charge in [-0.15, -0.1) is 0 Å². The molecule has 0 unspecified atom stereocenters. The predicted octanol–water partition coefficient (Wildman–Crippen LogP) is 6.65. The zero-order chi connectivity index (χ0) is 27.2. The maximum Gasteiger partial charge on any atom is 0.416 e. The molecule has 4 aromatic rings. The van der Waals surface area contributed by atoms with Crippen molar-refractivity contribution in [3.63, 3.8) is 0 Å². The van der Waals surface area contributed by atoms with Gasteiger partial charge in [0.2, 0.25) is 5.82 Å². The van der Waals surface area contributed by atoms with E-state index in [0.717, 1.165) is 31.4 Å². The molecule has 1 aliphatic carbocycles. The summed E-state index contributed by atoms with van der Waals surface area (Å²) in [6.45, 7) is 2.04. The summed E-state index contributed by atoms with van der Waals surface area (Å²) >= 11 is 6.02. The summed E-state index contributed by atoms with van der Waals surface area (Å²) in [6, 6.07) is 8.66. The highest BCUT2D eigenvalue weighted by Gasteiger charge is 2.30. The summed E-state index contributed by atoms with van der Waals surface area (Å²) in [7, 11) is 0. The number of carboxylic acids is 1. The molecule has 0 bridgehead atoms. The summed E-state index contributed by atoms with van der Waals surface area (Å²) in [5, 5.41) is 12.8. The van der Waals surface area contributed by atoms with Crippen molar-refractivity contribution in [1.82, 2.24) is 19.5 Å². The van der Waals surface area contributed by atoms with Crippen molar-refractivity contribution in [1.29, 1.82) is 0 Å². The number of anilines is 1. The molecule has 38 heavy (non-hydrogen) atoms. The third kappa shape index (κ3) is 5.02. The van der Waals surface area contributed by atoms with Gasteiger partial charge in [-0.05, 0) is 61.6 Å². The lowest BCUT2D eigenvalue weighted by atomic mass is 9.80. The Morgan fingerprint density at radius 2 is 1.87 bits per heavy atom. The number of nitrogens with one attached hydrogen (secondary N) is 1. The lowest BCUT2D eigenvalue weighted by Gasteiger charge is -2.32. The molecule has 2 aromatic heterocycles. The Kier molecular flexibility index (Phi) is 6.72. The maximum atomic E-state index is 13.9. The maximum absolute atomic E-state index is 13.9. The Bertz CT molecular complexity index is 1520. The third-order valence-electron chi connectivity index (χ3n) is 6.82. The summed E-state index contributed by atoms with van der Waals surface area (Å²) in [5.41, 5.74) is 0.594. The molecule has 5 rings (SSSR count). The molecule has 1 atom stereocenters. The number of carboxylic acid groups (broad SMARTS) is 1. The fourth-order valence-corrected chi connectivity index (χ4v) is 4.68. The fourth-order valence-electron chi connectivity index (χ4n) is 4.50. The number of alkyl halides is 3. The number of fused-ring (bicyclic) bond motifs is 1. The van der Waals surface area contributed by atoms with Gasteiger partial charge in [-0.3, -0.25) is 0 Å². The minimum atomic E-state index is -4.48. The smallest absolute Gasteiger partial charge is 0.416 e. The van der Waals surface area contributed by atoms with E-state index in [1.165, 1.54) is 30.3 Å². The number of benzene rings is 2. The molecule has 12 heteroatoms. The molecule has 1 saturated carbocycles. The van der Waals surface area contributed by atoms with Crippen molar-refractivity contribution in [2.24, 2.45) is 5.92 Å². The molecule has 0 amide bonds. The first-order chi connectivity index (χ1) is 18.0. The van der Waals surface area contributed by atoms with E-state index in [2.05, 4.69) is 20.3 Å². The van der Waals surface area contributed by atoms with Crippen LogP contribution in [0, 0.1) is 11.7 Å². The van der Waals surface area contributed by atoms with Crippen LogP contribution in [0.4, 0.5) is 23.4 Å². The van der Waals surface area contributed by atoms with Crippen LogP contribution in [0.15, 0.2) is 42.5 Å². The van der Waals surface area contributed by atoms with Crippen molar-refractivity contribution < 1.29 is 27.5 Å². The second kappa shape index (κ2) is 9.86. The molecule has 7 nitrogen and oxygen atoms in total. The Labute approximate surface area is 219 Å². The summed E-state index contributed by atoms with van der Waals surface area (Å²) in [4.78, 5) is 24.7. The van der Waals surface area contributed by atoms with Crippen LogP contribution >= 0.6 is 11.6 Å². The van der Waals surface area contributed by atoms with Gasteiger partial charge in [0.25, 0.3) is 0 Å². The lowest BCUT2D eigenvalue weighted by Crippen LogP contribution is -2.31. The molecule has 0 spiro atoms. The predicted molar refractivity (Wildman–Crippen MR) is 134 cm³/mol. The Balaban J connectivity index is 1.69. The topological polar surface area (TPSA) is 92.9 Å². The van der Waals surface area contributed by atoms with E-state index in [1.807, 2.05) is 6.92 Å². The van der Waals surface area contributed by atoms with Gasteiger partial charge in [-0.25, -0.2) is 24.1 Å². The minimum absolute atomic E-state index is 0.0263. The number of aromatic carboxylic acids is 1. The van der Waals surface area contributed by atoms with Crippen LogP contribution in [-0.4, -0.2) is 36.6 Å². The number of imidazole rings is 1. The molecule has 2 heterocycles. The number of hydrogen-bond acceptors (Lipinski definition) is 5. The number of rotatable bonds is 7. The van der Waals surface area contributed by atoms with Crippen molar-refractivity contribution in [2.45, 2.75) is 44.9 Å². The highest BCUT2D eigenvalue weighted by molar-refractivity contribution is 6.31. The molecule has 2 aromatic carbocycles. The second-order valence-electron chi connectivity index (χ2n) is 9.34. The standard InChI is InChI=1S/C26H22ClF4N5O2/c1-13(15-3-2-4-15)32-21-20-22(34-23(33-21)25(37)38)35-24(16-7-10-19(28)18(27)11-16)36(20)12-14-5-8-17(9-6-14)26(29,30)31/h5-11,13,15H,2-4,12H2,1H3,(H,37,38)(H,32,33,34)/t13-/m1/s1. The molecular weight excluding hydrogens is 526 g/mol. The monoisotopic (exact) mass is 547 g/mol. The van der Waals surface area contributed by atoms with E-state index >= 15 is 0 Å². The third-order valence-corrected chi connectivity index (χ3v) is 7.11. The highest BCUT2D eigenvalue weighted by atomic mass is 35.5. The molecule has 0 radical (unpaired) electrons. The van der Waals surface area contributed by atoms with Crippen LogP contribution in [0.25, 0.3) is 22.6 Å². The zero-order valence-electron chi connectivity index (χ0n) is 20.1. The summed E-state index contributed by atoms with van der Waals surface area (Å²) in [6.07, 6.45) is -1.32. The van der Waals surface area contributed by atoms with E-state index < -0.39 is 29.4 Å². The van der Waals surface area contributed by atoms with Gasteiger partial charge < -0.3 is 15.0 Å². The first-order valence-corrected chi connectivity index (χ1v) is 12.3. The summed E-state index contributed by atoms with van der Waals surface area (Å²) in [5.74, 6) is -1.53. The number of hydrogen-bond donors (Lipinski definition) is 2. The Morgan fingerprint density at radius 1 is 1.16 bits per heavy atom. The lowest BCUT2D eigenvalue weighted by molar-refractivity contribution is -0.137. The van der Waals surface area contributed by atoms with Gasteiger partial charge in [0.05, 0.1) is 10.6 Å². The Morgan fingerprint density at radius 3 is 2.45 bits per heavy atom. The van der Waals surface area contributed by atoms with Gasteiger partial charge in [-0.2, -0.15) is 13.2 Å². The van der Waals surface area contributed by atoms with Crippen molar-refractivity contribution in [2.75, 3.05) is 5.32 Å². The molecule has 198 valence electrons. The van der Waals surface area contributed by atoms with Gasteiger partial charge in [-0.1, -0.05) is 30.2 Å². The highest BCUT2D eigenvalue weighted by Crippen LogP contribution is 2.35. The SMILES string of the molecule is C[C@@H](Nc1nc(C(=O)O)nc2nc(-c3ccc(F)c(Cl)c3)n(Cc3ccc(C(F)(F)F)cc3)c12)C1CCC1. The fraction of sp³-hybridized carbons (Fsp3) is 0.308. The van der Waals surface area contributed by atoms with Crippen LogP contribution < -0.4 is 5.32 Å². The number of aromatic nitrogens is 4. The van der Waals surface area contributed by atoms with E-state index in [4.69, 9.17) is 11.6 Å². The van der Waals surface area contributed by atoms with Crippen molar-refractivity contribution in [3.05, 3.63) is 70.3 Å². The molecule has 1 fully saturated rings. The average molecular weight is 548 g/mol. The first-order valence-electron chi connectivity index (χ1n) is 11.9. The van der Waals surface area contributed by atoms with E-state index in [-0.39, 0.29) is 34.9 Å². The van der Waals surface area contributed by atoms with Crippen molar-refractivity contribution >= 4 is 34.6 Å². The molecule has 2 N–H and O–H groups in total. The largest absolute Gasteiger partial charge is 0.475 e. The number of halogens is 5. The van der Waals surface area contributed by atoms with Gasteiger partial charge >= 0.3 is 12.1 Å². The van der Waals surface area contributed by atoms with Crippen LogP contribution in [0.3, 0.4) is 0 Å². The molecule has 0 aliphatic heterocycles. The van der Waals surface area contributed by atoms with E-state index in [0.29, 0.717) is 22.6 Å². The molecule has 1 aliphatic rings. The Hall–Kier alpha value is -3.73. The van der Waals surface area contributed by atoms with Crippen LogP contribution in [0.1, 0.15) is 47.9 Å².